The van der Waals surface area contributed by atoms with Crippen molar-refractivity contribution in [3.63, 3.8) is 0 Å². The normalized spacial score (nSPS) is 22.9. The third-order valence-corrected chi connectivity index (χ3v) is 12.4. The van der Waals surface area contributed by atoms with Crippen molar-refractivity contribution < 1.29 is 64.8 Å². The molecular weight excluding hydrogens is 915 g/mol. The summed E-state index contributed by atoms with van der Waals surface area (Å²) in [6, 6.07) is 9.78. The highest BCUT2D eigenvalue weighted by Crippen LogP contribution is 2.41. The number of ketones is 1. The zero-order valence-corrected chi connectivity index (χ0v) is 42.1. The highest BCUT2D eigenvalue weighted by Gasteiger charge is 2.39. The highest BCUT2D eigenvalue weighted by molar-refractivity contribution is 5.84. The van der Waals surface area contributed by atoms with Gasteiger partial charge in [0.05, 0.1) is 42.7 Å². The van der Waals surface area contributed by atoms with E-state index in [0.717, 1.165) is 56.4 Å². The summed E-state index contributed by atoms with van der Waals surface area (Å²) < 4.78 is 98.6. The molecule has 2 aromatic carbocycles. The molecule has 4 rings (SSSR count). The molecule has 2 aliphatic rings. The number of benzene rings is 2. The lowest BCUT2D eigenvalue weighted by atomic mass is 9.86. The molecule has 14 heteroatoms. The molecule has 1 N–H and O–H groups in total. The van der Waals surface area contributed by atoms with Crippen LogP contribution < -0.4 is 9.47 Å². The molecule has 0 heterocycles. The molecular formula is C56H76F6O8. The fraction of sp³-hybridized carbons (Fsp3) is 0.589. The van der Waals surface area contributed by atoms with Gasteiger partial charge in [-0.05, 0) is 139 Å². The molecule has 0 amide bonds. The second-order valence-corrected chi connectivity index (χ2v) is 19.5. The average Bonchev–Trinajstić information content (AvgIpc) is 3.71. The molecule has 70 heavy (non-hydrogen) atoms. The summed E-state index contributed by atoms with van der Waals surface area (Å²) in [5, 5.41) is 10.6. The van der Waals surface area contributed by atoms with Gasteiger partial charge in [-0.2, -0.15) is 26.3 Å². The lowest BCUT2D eigenvalue weighted by Gasteiger charge is -2.20. The van der Waals surface area contributed by atoms with E-state index in [1.54, 1.807) is 0 Å². The van der Waals surface area contributed by atoms with Gasteiger partial charge in [-0.15, -0.1) is 0 Å². The summed E-state index contributed by atoms with van der Waals surface area (Å²) in [5.74, 6) is 1.19. The number of Topliss-reactive ketones (excluding diaryl/α,β-unsaturated/α-hetero) is 1. The quantitative estimate of drug-likeness (QED) is 0.0479. The second kappa shape index (κ2) is 29.5. The first-order chi connectivity index (χ1) is 32.9. The van der Waals surface area contributed by atoms with Crippen LogP contribution in [0.5, 0.6) is 11.5 Å². The number of hydrogen-bond donors (Lipinski definition) is 1. The number of carbonyl (C=O) groups excluding carboxylic acids is 3. The van der Waals surface area contributed by atoms with Crippen LogP contribution in [-0.2, 0) is 36.2 Å². The summed E-state index contributed by atoms with van der Waals surface area (Å²) in [5.41, 5.74) is -1.46. The first-order valence-corrected chi connectivity index (χ1v) is 24.8. The Morgan fingerprint density at radius 2 is 1.13 bits per heavy atom. The number of halogens is 6. The molecule has 390 valence electrons. The Labute approximate surface area is 412 Å². The van der Waals surface area contributed by atoms with Crippen LogP contribution in [0, 0.1) is 47.3 Å². The number of rotatable bonds is 24. The third-order valence-electron chi connectivity index (χ3n) is 12.4. The van der Waals surface area contributed by atoms with Gasteiger partial charge in [-0.25, -0.2) is 0 Å². The van der Waals surface area contributed by atoms with Crippen molar-refractivity contribution in [1.29, 1.82) is 0 Å². The molecule has 8 nitrogen and oxygen atoms in total. The van der Waals surface area contributed by atoms with E-state index in [1.165, 1.54) is 24.3 Å². The molecule has 2 saturated carbocycles. The minimum Gasteiger partial charge on any atom is -0.493 e. The number of alkyl halides is 6. The summed E-state index contributed by atoms with van der Waals surface area (Å²) in [6.07, 6.45) is 13.5. The number of carbonyl (C=O) groups is 3. The summed E-state index contributed by atoms with van der Waals surface area (Å²) in [7, 11) is 0. The van der Waals surface area contributed by atoms with Crippen LogP contribution in [0.3, 0.4) is 0 Å². The molecule has 0 spiro atoms. The van der Waals surface area contributed by atoms with Gasteiger partial charge in [0.15, 0.2) is 0 Å². The molecule has 0 aliphatic heterocycles. The van der Waals surface area contributed by atoms with Crippen molar-refractivity contribution in [2.24, 2.45) is 47.3 Å². The predicted molar refractivity (Wildman–Crippen MR) is 261 cm³/mol. The standard InChI is InChI=1S/C28H39F3O4.C28H37F3O4/c2*1-19(2)35-27(33)13-8-6-5-7-12-25-24(21(4)16-26(25)32)15-14-20(3)18-34-23-11-9-10-22(17-23)28(29,30)31/h5,7,9-11,14-15,17,19-21,24-26,32H,6,8,12-13,16,18H2,1-4H3;5,7,9-11,14-15,17,19-21,24-25H,6,8,12-13,16,18H2,1-4H3/b2*7-5-,15-14+/t20?,21?,24-,25?,26-;20?,21?,24-,25?/m00/s1. The fourth-order valence-corrected chi connectivity index (χ4v) is 8.70. The van der Waals surface area contributed by atoms with Crippen LogP contribution in [0.4, 0.5) is 26.3 Å². The molecule has 0 saturated heterocycles. The molecule has 0 radical (unpaired) electrons. The van der Waals surface area contributed by atoms with Gasteiger partial charge in [0.1, 0.15) is 17.3 Å². The third kappa shape index (κ3) is 22.1. The molecule has 9 atom stereocenters. The number of aliphatic hydroxyl groups excluding tert-OH is 1. The van der Waals surface area contributed by atoms with Crippen LogP contribution >= 0.6 is 0 Å². The van der Waals surface area contributed by atoms with Crippen LogP contribution in [0.25, 0.3) is 0 Å². The van der Waals surface area contributed by atoms with Gasteiger partial charge in [-0.3, -0.25) is 14.4 Å². The first kappa shape index (κ1) is 59.5. The number of esters is 2. The van der Waals surface area contributed by atoms with Crippen LogP contribution in [0.1, 0.15) is 131 Å². The van der Waals surface area contributed by atoms with Crippen molar-refractivity contribution in [3.8, 4) is 11.5 Å². The van der Waals surface area contributed by atoms with E-state index in [1.807, 2.05) is 65.8 Å². The number of unbranched alkanes of at least 4 members (excludes halogenated alkanes) is 2. The number of aliphatic hydroxyl groups is 1. The van der Waals surface area contributed by atoms with E-state index in [-0.39, 0.29) is 102 Å². The van der Waals surface area contributed by atoms with Crippen LogP contribution in [0.15, 0.2) is 97.1 Å². The summed E-state index contributed by atoms with van der Waals surface area (Å²) >= 11 is 0. The fourth-order valence-electron chi connectivity index (χ4n) is 8.70. The Kier molecular flexibility index (Phi) is 25.0. The second-order valence-electron chi connectivity index (χ2n) is 19.5. The summed E-state index contributed by atoms with van der Waals surface area (Å²) in [6.45, 7) is 15.9. The Morgan fingerprint density at radius 1 is 0.671 bits per heavy atom. The van der Waals surface area contributed by atoms with Gasteiger partial charge in [0, 0.05) is 37.0 Å². The van der Waals surface area contributed by atoms with Gasteiger partial charge in [0.2, 0.25) is 0 Å². The Hall–Kier alpha value is -4.85. The average molecular weight is 991 g/mol. The zero-order valence-electron chi connectivity index (χ0n) is 42.1. The molecule has 0 aromatic heterocycles. The number of ether oxygens (including phenoxy) is 4. The molecule has 2 aromatic rings. The van der Waals surface area contributed by atoms with Crippen molar-refractivity contribution in [1.82, 2.24) is 0 Å². The lowest BCUT2D eigenvalue weighted by Crippen LogP contribution is -2.18. The molecule has 6 unspecified atom stereocenters. The monoisotopic (exact) mass is 991 g/mol. The van der Waals surface area contributed by atoms with Crippen molar-refractivity contribution >= 4 is 17.7 Å². The van der Waals surface area contributed by atoms with Crippen molar-refractivity contribution in [3.05, 3.63) is 108 Å². The van der Waals surface area contributed by atoms with Crippen molar-refractivity contribution in [2.75, 3.05) is 13.2 Å². The van der Waals surface area contributed by atoms with Crippen LogP contribution in [-0.4, -0.2) is 54.4 Å². The van der Waals surface area contributed by atoms with Gasteiger partial charge in [0.25, 0.3) is 0 Å². The lowest BCUT2D eigenvalue weighted by molar-refractivity contribution is -0.148. The number of hydrogen-bond acceptors (Lipinski definition) is 8. The molecule has 0 bridgehead atoms. The van der Waals surface area contributed by atoms with E-state index in [4.69, 9.17) is 18.9 Å². The topological polar surface area (TPSA) is 108 Å². The van der Waals surface area contributed by atoms with E-state index in [9.17, 15) is 45.8 Å². The van der Waals surface area contributed by atoms with Crippen molar-refractivity contribution in [2.45, 2.75) is 150 Å². The maximum absolute atomic E-state index is 12.9. The van der Waals surface area contributed by atoms with E-state index >= 15 is 0 Å². The van der Waals surface area contributed by atoms with Crippen LogP contribution in [0.2, 0.25) is 0 Å². The largest absolute Gasteiger partial charge is 0.493 e. The smallest absolute Gasteiger partial charge is 0.416 e. The highest BCUT2D eigenvalue weighted by atomic mass is 19.4. The van der Waals surface area contributed by atoms with Gasteiger partial charge < -0.3 is 24.1 Å². The predicted octanol–water partition coefficient (Wildman–Crippen LogP) is 14.2. The van der Waals surface area contributed by atoms with E-state index in [2.05, 4.69) is 38.2 Å². The summed E-state index contributed by atoms with van der Waals surface area (Å²) in [4.78, 5) is 35.7. The SMILES string of the molecule is CC(/C=C/[C@H]1C(C)CC(=O)C1C/C=C\CCCC(=O)OC(C)C)COc1cccc(C(F)(F)F)c1.CC(/C=C/[C@H]1C(C)C[C@H](O)C1C/C=C\CCCC(=O)OC(C)C)COc1cccc(C(F)(F)F)c1. The maximum Gasteiger partial charge on any atom is 0.416 e. The molecule has 2 fully saturated rings. The minimum absolute atomic E-state index is 0.0104. The van der Waals surface area contributed by atoms with Gasteiger partial charge in [-0.1, -0.05) is 88.4 Å². The first-order valence-electron chi connectivity index (χ1n) is 24.8. The Morgan fingerprint density at radius 3 is 1.59 bits per heavy atom. The Balaban J connectivity index is 0.000000370. The minimum atomic E-state index is -4.40. The zero-order chi connectivity index (χ0) is 52.0. The van der Waals surface area contributed by atoms with E-state index < -0.39 is 23.5 Å². The maximum atomic E-state index is 12.9. The van der Waals surface area contributed by atoms with E-state index in [0.29, 0.717) is 38.0 Å². The molecule has 2 aliphatic carbocycles. The van der Waals surface area contributed by atoms with Gasteiger partial charge >= 0.3 is 24.3 Å². The Bertz CT molecular complexity index is 2020. The number of allylic oxidation sites excluding steroid dienone is 6.